The number of nitrogens with one attached hydrogen (secondary N) is 1. The van der Waals surface area contributed by atoms with Crippen LogP contribution in [0.4, 0.5) is 0 Å². The average Bonchev–Trinajstić information content (AvgIpc) is 3.07. The van der Waals surface area contributed by atoms with Gasteiger partial charge in [0.2, 0.25) is 17.6 Å². The third-order valence-electron chi connectivity index (χ3n) is 5.01. The van der Waals surface area contributed by atoms with Crippen LogP contribution < -0.4 is 5.32 Å². The predicted molar refractivity (Wildman–Crippen MR) is 90.0 cm³/mol. The SMILES string of the molecule is C[C@H]1[C@H](C)CCC[C@@H]1NC(=O)CCc1nc(-c2cccnc2)no1. The average molecular weight is 328 g/mol. The van der Waals surface area contributed by atoms with Gasteiger partial charge in [0.1, 0.15) is 0 Å². The number of carbonyl (C=O) groups excluding carboxylic acids is 1. The number of rotatable bonds is 5. The first-order valence-corrected chi connectivity index (χ1v) is 8.66. The molecule has 0 bridgehead atoms. The van der Waals surface area contributed by atoms with E-state index in [1.807, 2.05) is 12.1 Å². The normalized spacial score (nSPS) is 23.8. The third kappa shape index (κ3) is 3.99. The van der Waals surface area contributed by atoms with Gasteiger partial charge in [0.15, 0.2) is 0 Å². The van der Waals surface area contributed by atoms with E-state index in [0.29, 0.717) is 36.4 Å². The number of pyridine rings is 1. The Bertz CT molecular complexity index is 671. The van der Waals surface area contributed by atoms with Crippen LogP contribution in [0.5, 0.6) is 0 Å². The van der Waals surface area contributed by atoms with Crippen molar-refractivity contribution in [2.45, 2.75) is 52.0 Å². The maximum absolute atomic E-state index is 12.2. The molecule has 3 rings (SSSR count). The summed E-state index contributed by atoms with van der Waals surface area (Å²) in [7, 11) is 0. The molecular formula is C18H24N4O2. The zero-order chi connectivity index (χ0) is 16.9. The summed E-state index contributed by atoms with van der Waals surface area (Å²) in [5.41, 5.74) is 0.807. The molecule has 6 heteroatoms. The molecule has 2 heterocycles. The first kappa shape index (κ1) is 16.6. The van der Waals surface area contributed by atoms with Gasteiger partial charge in [-0.3, -0.25) is 9.78 Å². The molecule has 1 fully saturated rings. The predicted octanol–water partition coefficient (Wildman–Crippen LogP) is 3.01. The van der Waals surface area contributed by atoms with Crippen LogP contribution in [-0.2, 0) is 11.2 Å². The van der Waals surface area contributed by atoms with Crippen molar-refractivity contribution in [1.29, 1.82) is 0 Å². The number of carbonyl (C=O) groups is 1. The Kier molecular flexibility index (Phi) is 5.23. The Labute approximate surface area is 142 Å². The molecule has 3 atom stereocenters. The molecule has 1 N–H and O–H groups in total. The van der Waals surface area contributed by atoms with E-state index < -0.39 is 0 Å². The van der Waals surface area contributed by atoms with Crippen molar-refractivity contribution in [3.63, 3.8) is 0 Å². The van der Waals surface area contributed by atoms with Gasteiger partial charge in [0.05, 0.1) is 0 Å². The van der Waals surface area contributed by atoms with Gasteiger partial charge in [-0.25, -0.2) is 0 Å². The smallest absolute Gasteiger partial charge is 0.227 e. The molecule has 2 aromatic rings. The second-order valence-corrected chi connectivity index (χ2v) is 6.69. The lowest BCUT2D eigenvalue weighted by Crippen LogP contribution is -2.43. The standard InChI is InChI=1S/C18H24N4O2/c1-12-5-3-7-15(13(12)2)20-16(23)8-9-17-21-18(22-24-17)14-6-4-10-19-11-14/h4,6,10-13,15H,3,5,7-9H2,1-2H3,(H,20,23)/t12-,13+,15+/m1/s1. The molecule has 2 aromatic heterocycles. The van der Waals surface area contributed by atoms with Crippen molar-refractivity contribution in [3.05, 3.63) is 30.4 Å². The van der Waals surface area contributed by atoms with E-state index in [-0.39, 0.29) is 11.9 Å². The van der Waals surface area contributed by atoms with Crippen molar-refractivity contribution in [2.75, 3.05) is 0 Å². The zero-order valence-corrected chi connectivity index (χ0v) is 14.2. The van der Waals surface area contributed by atoms with Gasteiger partial charge < -0.3 is 9.84 Å². The maximum atomic E-state index is 12.2. The van der Waals surface area contributed by atoms with Gasteiger partial charge in [-0.15, -0.1) is 0 Å². The van der Waals surface area contributed by atoms with Crippen molar-refractivity contribution < 1.29 is 9.32 Å². The van der Waals surface area contributed by atoms with E-state index >= 15 is 0 Å². The lowest BCUT2D eigenvalue weighted by Gasteiger charge is -2.34. The van der Waals surface area contributed by atoms with Crippen LogP contribution in [0.3, 0.4) is 0 Å². The zero-order valence-electron chi connectivity index (χ0n) is 14.2. The lowest BCUT2D eigenvalue weighted by molar-refractivity contribution is -0.122. The Balaban J connectivity index is 1.51. The number of aryl methyl sites for hydroxylation is 1. The minimum absolute atomic E-state index is 0.0575. The number of nitrogens with zero attached hydrogens (tertiary/aromatic N) is 3. The first-order chi connectivity index (χ1) is 11.6. The van der Waals surface area contributed by atoms with Gasteiger partial charge in [-0.1, -0.05) is 31.8 Å². The van der Waals surface area contributed by atoms with Crippen LogP contribution in [0.2, 0.25) is 0 Å². The quantitative estimate of drug-likeness (QED) is 0.912. The summed E-state index contributed by atoms with van der Waals surface area (Å²) in [5, 5.41) is 7.11. The topological polar surface area (TPSA) is 80.9 Å². The van der Waals surface area contributed by atoms with Gasteiger partial charge in [0.25, 0.3) is 0 Å². The summed E-state index contributed by atoms with van der Waals surface area (Å²) in [6.45, 7) is 4.49. The van der Waals surface area contributed by atoms with Gasteiger partial charge in [-0.05, 0) is 30.4 Å². The highest BCUT2D eigenvalue weighted by atomic mass is 16.5. The molecular weight excluding hydrogens is 304 g/mol. The van der Waals surface area contributed by atoms with Crippen molar-refractivity contribution in [1.82, 2.24) is 20.4 Å². The Morgan fingerprint density at radius 2 is 2.25 bits per heavy atom. The van der Waals surface area contributed by atoms with Crippen LogP contribution in [0.1, 0.15) is 45.4 Å². The lowest BCUT2D eigenvalue weighted by atomic mass is 9.78. The highest BCUT2D eigenvalue weighted by Gasteiger charge is 2.28. The number of amides is 1. The van der Waals surface area contributed by atoms with E-state index in [1.165, 1.54) is 12.8 Å². The van der Waals surface area contributed by atoms with Gasteiger partial charge >= 0.3 is 0 Å². The molecule has 0 unspecified atom stereocenters. The number of hydrogen-bond acceptors (Lipinski definition) is 5. The molecule has 0 aromatic carbocycles. The molecule has 0 saturated heterocycles. The van der Waals surface area contributed by atoms with Crippen LogP contribution in [0.15, 0.2) is 29.0 Å². The van der Waals surface area contributed by atoms with Crippen molar-refractivity contribution in [3.8, 4) is 11.4 Å². The number of aromatic nitrogens is 3. The molecule has 0 radical (unpaired) electrons. The molecule has 24 heavy (non-hydrogen) atoms. The minimum Gasteiger partial charge on any atom is -0.353 e. The van der Waals surface area contributed by atoms with Gasteiger partial charge in [-0.2, -0.15) is 4.98 Å². The second-order valence-electron chi connectivity index (χ2n) is 6.69. The fourth-order valence-electron chi connectivity index (χ4n) is 3.25. The van der Waals surface area contributed by atoms with Crippen molar-refractivity contribution in [2.24, 2.45) is 11.8 Å². The van der Waals surface area contributed by atoms with Crippen molar-refractivity contribution >= 4 is 5.91 Å². The molecule has 1 saturated carbocycles. The van der Waals surface area contributed by atoms with E-state index in [2.05, 4.69) is 34.3 Å². The molecule has 1 aliphatic carbocycles. The Morgan fingerprint density at radius 3 is 3.04 bits per heavy atom. The van der Waals surface area contributed by atoms with Gasteiger partial charge in [0, 0.05) is 36.8 Å². The summed E-state index contributed by atoms with van der Waals surface area (Å²) in [5.74, 6) is 2.25. The molecule has 0 spiro atoms. The first-order valence-electron chi connectivity index (χ1n) is 8.66. The summed E-state index contributed by atoms with van der Waals surface area (Å²) in [4.78, 5) is 20.6. The summed E-state index contributed by atoms with van der Waals surface area (Å²) >= 11 is 0. The largest absolute Gasteiger partial charge is 0.353 e. The fraction of sp³-hybridized carbons (Fsp3) is 0.556. The van der Waals surface area contributed by atoms with E-state index in [1.54, 1.807) is 12.4 Å². The monoisotopic (exact) mass is 328 g/mol. The second kappa shape index (κ2) is 7.55. The van der Waals surface area contributed by atoms with E-state index in [0.717, 1.165) is 12.0 Å². The molecule has 1 aliphatic rings. The highest BCUT2D eigenvalue weighted by Crippen LogP contribution is 2.29. The minimum atomic E-state index is 0.0575. The Hall–Kier alpha value is -2.24. The molecule has 6 nitrogen and oxygen atoms in total. The van der Waals surface area contributed by atoms with E-state index in [4.69, 9.17) is 4.52 Å². The van der Waals surface area contributed by atoms with Crippen LogP contribution in [0.25, 0.3) is 11.4 Å². The summed E-state index contributed by atoms with van der Waals surface area (Å²) in [6.07, 6.45) is 7.72. The van der Waals surface area contributed by atoms with Crippen LogP contribution in [-0.4, -0.2) is 27.1 Å². The van der Waals surface area contributed by atoms with Crippen LogP contribution >= 0.6 is 0 Å². The fourth-order valence-corrected chi connectivity index (χ4v) is 3.25. The van der Waals surface area contributed by atoms with Crippen LogP contribution in [0, 0.1) is 11.8 Å². The molecule has 1 amide bonds. The number of hydrogen-bond donors (Lipinski definition) is 1. The molecule has 128 valence electrons. The highest BCUT2D eigenvalue weighted by molar-refractivity contribution is 5.76. The maximum Gasteiger partial charge on any atom is 0.227 e. The third-order valence-corrected chi connectivity index (χ3v) is 5.01. The summed E-state index contributed by atoms with van der Waals surface area (Å²) in [6, 6.07) is 3.99. The Morgan fingerprint density at radius 1 is 1.38 bits per heavy atom. The van der Waals surface area contributed by atoms with E-state index in [9.17, 15) is 4.79 Å². The summed E-state index contributed by atoms with van der Waals surface area (Å²) < 4.78 is 5.23. The molecule has 0 aliphatic heterocycles.